The van der Waals surface area contributed by atoms with E-state index in [1.807, 2.05) is 0 Å². The summed E-state index contributed by atoms with van der Waals surface area (Å²) in [4.78, 5) is 4.30. The zero-order valence-electron chi connectivity index (χ0n) is 7.60. The van der Waals surface area contributed by atoms with Crippen LogP contribution in [-0.4, -0.2) is 15.0 Å². The fraction of sp³-hybridized carbons (Fsp3) is 0.111. The molecule has 1 aromatic rings. The lowest BCUT2D eigenvalue weighted by atomic mass is 10.1. The molecule has 1 aromatic carbocycles. The highest BCUT2D eigenvalue weighted by Gasteiger charge is 2.29. The van der Waals surface area contributed by atoms with Crippen molar-refractivity contribution >= 4 is 15.4 Å². The lowest BCUT2D eigenvalue weighted by Gasteiger charge is -2.03. The van der Waals surface area contributed by atoms with Crippen molar-refractivity contribution in [1.82, 2.24) is 0 Å². The van der Waals surface area contributed by atoms with Gasteiger partial charge in [0, 0.05) is 16.5 Å². The molecule has 0 aromatic heterocycles. The molecule has 0 radical (unpaired) electrons. The van der Waals surface area contributed by atoms with Gasteiger partial charge in [-0.05, 0) is 12.1 Å². The van der Waals surface area contributed by atoms with Gasteiger partial charge in [0.15, 0.2) is 0 Å². The highest BCUT2D eigenvalue weighted by atomic mass is 32.2. The fourth-order valence-electron chi connectivity index (χ4n) is 1.56. The Hall–Kier alpha value is -1.24. The van der Waals surface area contributed by atoms with Gasteiger partial charge in [-0.2, -0.15) is 0 Å². The van der Waals surface area contributed by atoms with Gasteiger partial charge in [-0.3, -0.25) is 4.84 Å². The molecular formula is C9H8FNO3S. The van der Waals surface area contributed by atoms with Gasteiger partial charge in [0.25, 0.3) is 0 Å². The molecule has 1 aliphatic heterocycles. The molecular weight excluding hydrogens is 221 g/mol. The van der Waals surface area contributed by atoms with Crippen molar-refractivity contribution in [2.45, 2.75) is 4.90 Å². The molecule has 2 N–H and O–H groups in total. The van der Waals surface area contributed by atoms with E-state index in [1.54, 1.807) is 0 Å². The van der Waals surface area contributed by atoms with E-state index in [4.69, 9.17) is 5.90 Å². The highest BCUT2D eigenvalue weighted by Crippen LogP contribution is 2.34. The molecule has 0 amide bonds. The monoisotopic (exact) mass is 229 g/mol. The number of hydrogen-bond donors (Lipinski definition) is 1. The zero-order chi connectivity index (χ0) is 11.1. The first-order valence-corrected chi connectivity index (χ1v) is 5.67. The molecule has 0 aliphatic carbocycles. The molecule has 15 heavy (non-hydrogen) atoms. The minimum absolute atomic E-state index is 0.0328. The van der Waals surface area contributed by atoms with Crippen LogP contribution in [0.1, 0.15) is 5.56 Å². The van der Waals surface area contributed by atoms with Crippen LogP contribution in [0.25, 0.3) is 5.57 Å². The quantitative estimate of drug-likeness (QED) is 0.763. The Kier molecular flexibility index (Phi) is 2.34. The second-order valence-corrected chi connectivity index (χ2v) is 4.88. The summed E-state index contributed by atoms with van der Waals surface area (Å²) in [7, 11) is -3.54. The molecule has 2 rings (SSSR count). The summed E-state index contributed by atoms with van der Waals surface area (Å²) in [5.74, 6) is 4.26. The van der Waals surface area contributed by atoms with E-state index in [-0.39, 0.29) is 22.6 Å². The van der Waals surface area contributed by atoms with Crippen molar-refractivity contribution in [3.05, 3.63) is 35.0 Å². The smallest absolute Gasteiger partial charge is 0.200 e. The maximum Gasteiger partial charge on any atom is 0.200 e. The number of rotatable bonds is 2. The van der Waals surface area contributed by atoms with Crippen LogP contribution in [0, 0.1) is 5.82 Å². The zero-order valence-corrected chi connectivity index (χ0v) is 8.42. The number of nitrogens with two attached hydrogens (primary N) is 1. The number of fused-ring (bicyclic) bond motifs is 1. The fourth-order valence-corrected chi connectivity index (χ4v) is 3.03. The average Bonchev–Trinajstić information content (AvgIpc) is 2.41. The summed E-state index contributed by atoms with van der Waals surface area (Å²) in [5, 5.41) is 0.980. The van der Waals surface area contributed by atoms with E-state index in [0.717, 1.165) is 5.41 Å². The lowest BCUT2D eigenvalue weighted by molar-refractivity contribution is 0.173. The van der Waals surface area contributed by atoms with E-state index >= 15 is 0 Å². The molecule has 4 nitrogen and oxygen atoms in total. The molecule has 1 aliphatic rings. The SMILES string of the molecule is NOCC1=CS(=O)(=O)c2cccc(F)c21. The summed E-state index contributed by atoms with van der Waals surface area (Å²) in [6.45, 7) is -0.132. The number of sulfone groups is 1. The first-order chi connectivity index (χ1) is 7.06. The lowest BCUT2D eigenvalue weighted by Crippen LogP contribution is -2.03. The second kappa shape index (κ2) is 3.41. The summed E-state index contributed by atoms with van der Waals surface area (Å²) >= 11 is 0. The molecule has 6 heteroatoms. The Morgan fingerprint density at radius 1 is 1.40 bits per heavy atom. The Morgan fingerprint density at radius 2 is 2.13 bits per heavy atom. The van der Waals surface area contributed by atoms with E-state index < -0.39 is 15.7 Å². The van der Waals surface area contributed by atoms with Gasteiger partial charge in [0.2, 0.25) is 9.84 Å². The van der Waals surface area contributed by atoms with Gasteiger partial charge in [-0.1, -0.05) is 6.07 Å². The van der Waals surface area contributed by atoms with Crippen molar-refractivity contribution < 1.29 is 17.6 Å². The van der Waals surface area contributed by atoms with Crippen LogP contribution < -0.4 is 5.90 Å². The first kappa shape index (κ1) is 10.3. The largest absolute Gasteiger partial charge is 0.300 e. The van der Waals surface area contributed by atoms with E-state index in [2.05, 4.69) is 4.84 Å². The topological polar surface area (TPSA) is 69.4 Å². The summed E-state index contributed by atoms with van der Waals surface area (Å²) in [6.07, 6.45) is 0. The van der Waals surface area contributed by atoms with Crippen LogP contribution in [0.2, 0.25) is 0 Å². The molecule has 0 bridgehead atoms. The molecule has 1 heterocycles. The van der Waals surface area contributed by atoms with Gasteiger partial charge in [-0.15, -0.1) is 0 Å². The van der Waals surface area contributed by atoms with Crippen molar-refractivity contribution in [1.29, 1.82) is 0 Å². The van der Waals surface area contributed by atoms with Crippen LogP contribution in [0.5, 0.6) is 0 Å². The summed E-state index contributed by atoms with van der Waals surface area (Å²) in [6, 6.07) is 3.91. The van der Waals surface area contributed by atoms with E-state index in [1.165, 1.54) is 18.2 Å². The molecule has 0 spiro atoms. The Labute approximate surface area is 86.0 Å². The van der Waals surface area contributed by atoms with Gasteiger partial charge in [0.1, 0.15) is 5.82 Å². The molecule has 0 unspecified atom stereocenters. The van der Waals surface area contributed by atoms with E-state index in [9.17, 15) is 12.8 Å². The standard InChI is InChI=1S/C9H8FNO3S/c10-7-2-1-3-8-9(7)6(4-14-11)5-15(8,12)13/h1-3,5H,4,11H2. The first-order valence-electron chi connectivity index (χ1n) is 4.12. The van der Waals surface area contributed by atoms with Gasteiger partial charge >= 0.3 is 0 Å². The van der Waals surface area contributed by atoms with E-state index in [0.29, 0.717) is 0 Å². The normalized spacial score (nSPS) is 17.3. The van der Waals surface area contributed by atoms with Gasteiger partial charge in [0.05, 0.1) is 11.5 Å². The maximum absolute atomic E-state index is 13.4. The average molecular weight is 229 g/mol. The third-order valence-corrected chi connectivity index (χ3v) is 3.69. The molecule has 0 fully saturated rings. The number of benzene rings is 1. The third kappa shape index (κ3) is 1.56. The third-order valence-electron chi connectivity index (χ3n) is 2.14. The van der Waals surface area contributed by atoms with Crippen molar-refractivity contribution in [3.63, 3.8) is 0 Å². The molecule has 0 saturated carbocycles. The van der Waals surface area contributed by atoms with Crippen LogP contribution in [0.15, 0.2) is 28.5 Å². The minimum atomic E-state index is -3.54. The van der Waals surface area contributed by atoms with Crippen LogP contribution in [0.3, 0.4) is 0 Å². The summed E-state index contributed by atoms with van der Waals surface area (Å²) < 4.78 is 36.5. The summed E-state index contributed by atoms with van der Waals surface area (Å²) in [5.41, 5.74) is 0.300. The van der Waals surface area contributed by atoms with Crippen molar-refractivity contribution in [2.75, 3.05) is 6.61 Å². The van der Waals surface area contributed by atoms with Crippen LogP contribution in [-0.2, 0) is 14.7 Å². The second-order valence-electron chi connectivity index (χ2n) is 3.11. The highest BCUT2D eigenvalue weighted by molar-refractivity contribution is 7.95. The Balaban J connectivity index is 2.69. The van der Waals surface area contributed by atoms with Crippen LogP contribution >= 0.6 is 0 Å². The minimum Gasteiger partial charge on any atom is -0.300 e. The predicted octanol–water partition coefficient (Wildman–Crippen LogP) is 0.844. The Bertz CT molecular complexity index is 536. The van der Waals surface area contributed by atoms with Gasteiger partial charge < -0.3 is 0 Å². The number of halogens is 1. The molecule has 0 saturated heterocycles. The maximum atomic E-state index is 13.4. The van der Waals surface area contributed by atoms with Crippen molar-refractivity contribution in [3.8, 4) is 0 Å². The van der Waals surface area contributed by atoms with Gasteiger partial charge in [-0.25, -0.2) is 18.7 Å². The molecule has 0 atom stereocenters. The molecule has 80 valence electrons. The predicted molar refractivity (Wildman–Crippen MR) is 51.7 cm³/mol. The number of hydrogen-bond acceptors (Lipinski definition) is 4. The van der Waals surface area contributed by atoms with Crippen LogP contribution in [0.4, 0.5) is 4.39 Å². The Morgan fingerprint density at radius 3 is 2.80 bits per heavy atom. The van der Waals surface area contributed by atoms with Crippen molar-refractivity contribution in [2.24, 2.45) is 5.90 Å².